The highest BCUT2D eigenvalue weighted by Gasteiger charge is 2.09. The van der Waals surface area contributed by atoms with Crippen molar-refractivity contribution >= 4 is 29.9 Å². The van der Waals surface area contributed by atoms with Crippen LogP contribution in [-0.4, -0.2) is 24.4 Å². The summed E-state index contributed by atoms with van der Waals surface area (Å²) in [5, 5.41) is 4.79. The Morgan fingerprint density at radius 2 is 2.11 bits per heavy atom. The van der Waals surface area contributed by atoms with E-state index in [-0.39, 0.29) is 19.0 Å². The number of hydrogen-bond donors (Lipinski definition) is 3. The van der Waals surface area contributed by atoms with Gasteiger partial charge in [-0.15, -0.1) is 12.4 Å². The predicted octanol–water partition coefficient (Wildman–Crippen LogP) is 0.649. The first kappa shape index (κ1) is 16.3. The molecule has 100 valence electrons. The fourth-order valence-electron chi connectivity index (χ4n) is 1.10. The van der Waals surface area contributed by atoms with Gasteiger partial charge in [-0.3, -0.25) is 9.59 Å². The topological polar surface area (TPSA) is 84.2 Å². The zero-order chi connectivity index (χ0) is 12.8. The van der Waals surface area contributed by atoms with Crippen molar-refractivity contribution < 1.29 is 14.0 Å². The van der Waals surface area contributed by atoms with Gasteiger partial charge in [-0.2, -0.15) is 0 Å². The molecular weight excluding hydrogens is 261 g/mol. The molecule has 5 nitrogen and oxygen atoms in total. The Bertz CT molecular complexity index is 427. The summed E-state index contributed by atoms with van der Waals surface area (Å²) in [6.07, 6.45) is 0. The number of amides is 2. The summed E-state index contributed by atoms with van der Waals surface area (Å²) < 4.78 is 12.8. The minimum Gasteiger partial charge on any atom is -0.346 e. The third-order valence-electron chi connectivity index (χ3n) is 1.95. The first-order valence-corrected chi connectivity index (χ1v) is 5.08. The number of carbonyl (C=O) groups is 2. The first-order valence-electron chi connectivity index (χ1n) is 5.08. The molecule has 0 saturated heterocycles. The Labute approximate surface area is 110 Å². The van der Waals surface area contributed by atoms with Crippen LogP contribution in [0.15, 0.2) is 24.3 Å². The van der Waals surface area contributed by atoms with E-state index in [1.807, 2.05) is 0 Å². The molecule has 0 spiro atoms. The standard InChI is InChI=1S/C11H14FN3O2.ClH/c1-7(13)11(17)14-6-10(16)15-9-4-2-3-8(12)5-9;/h2-5,7H,6,13H2,1H3,(H,14,17)(H,15,16);1H/t7-;/m0./s1. The van der Waals surface area contributed by atoms with Crippen molar-refractivity contribution in [3.63, 3.8) is 0 Å². The average Bonchev–Trinajstić information content (AvgIpc) is 2.25. The summed E-state index contributed by atoms with van der Waals surface area (Å²) in [5.74, 6) is -1.30. The number of hydrogen-bond acceptors (Lipinski definition) is 3. The van der Waals surface area contributed by atoms with Crippen LogP contribution in [0.3, 0.4) is 0 Å². The Hall–Kier alpha value is -1.66. The molecule has 1 atom stereocenters. The normalized spacial score (nSPS) is 11.1. The van der Waals surface area contributed by atoms with Gasteiger partial charge in [-0.05, 0) is 25.1 Å². The second-order valence-corrected chi connectivity index (χ2v) is 3.57. The van der Waals surface area contributed by atoms with Crippen LogP contribution in [0.5, 0.6) is 0 Å². The van der Waals surface area contributed by atoms with Crippen molar-refractivity contribution in [1.82, 2.24) is 5.32 Å². The number of benzene rings is 1. The van der Waals surface area contributed by atoms with Crippen molar-refractivity contribution in [2.24, 2.45) is 5.73 Å². The Balaban J connectivity index is 0.00000289. The molecule has 1 rings (SSSR count). The van der Waals surface area contributed by atoms with Crippen LogP contribution < -0.4 is 16.4 Å². The van der Waals surface area contributed by atoms with Gasteiger partial charge in [-0.1, -0.05) is 6.07 Å². The third kappa shape index (κ3) is 5.60. The molecule has 0 fully saturated rings. The molecule has 1 aromatic rings. The summed E-state index contributed by atoms with van der Waals surface area (Å²) >= 11 is 0. The zero-order valence-electron chi connectivity index (χ0n) is 9.77. The maximum absolute atomic E-state index is 12.8. The van der Waals surface area contributed by atoms with E-state index in [1.165, 1.54) is 25.1 Å². The molecule has 0 aliphatic rings. The number of nitrogens with two attached hydrogens (primary N) is 1. The van der Waals surface area contributed by atoms with E-state index in [9.17, 15) is 14.0 Å². The molecule has 1 aromatic carbocycles. The monoisotopic (exact) mass is 275 g/mol. The van der Waals surface area contributed by atoms with Crippen molar-refractivity contribution in [3.05, 3.63) is 30.1 Å². The van der Waals surface area contributed by atoms with Gasteiger partial charge in [0, 0.05) is 5.69 Å². The van der Waals surface area contributed by atoms with Crippen molar-refractivity contribution in [3.8, 4) is 0 Å². The molecule has 0 aromatic heterocycles. The van der Waals surface area contributed by atoms with E-state index in [0.29, 0.717) is 5.69 Å². The van der Waals surface area contributed by atoms with Gasteiger partial charge in [0.25, 0.3) is 0 Å². The Morgan fingerprint density at radius 1 is 1.44 bits per heavy atom. The lowest BCUT2D eigenvalue weighted by atomic mass is 10.3. The lowest BCUT2D eigenvalue weighted by Gasteiger charge is -2.08. The van der Waals surface area contributed by atoms with Crippen LogP contribution in [0, 0.1) is 5.82 Å². The first-order chi connectivity index (χ1) is 7.99. The molecule has 0 unspecified atom stereocenters. The van der Waals surface area contributed by atoms with Gasteiger partial charge < -0.3 is 16.4 Å². The molecule has 0 saturated carbocycles. The lowest BCUT2D eigenvalue weighted by molar-refractivity contribution is -0.124. The molecule has 7 heteroatoms. The molecule has 0 aliphatic carbocycles. The zero-order valence-corrected chi connectivity index (χ0v) is 10.6. The van der Waals surface area contributed by atoms with Crippen LogP contribution in [0.4, 0.5) is 10.1 Å². The minimum atomic E-state index is -0.669. The summed E-state index contributed by atoms with van der Waals surface area (Å²) in [6.45, 7) is 1.32. The van der Waals surface area contributed by atoms with Gasteiger partial charge in [0.15, 0.2) is 0 Å². The predicted molar refractivity (Wildman–Crippen MR) is 68.9 cm³/mol. The van der Waals surface area contributed by atoms with E-state index in [1.54, 1.807) is 6.07 Å². The number of anilines is 1. The molecule has 2 amide bonds. The highest BCUT2D eigenvalue weighted by Crippen LogP contribution is 2.08. The van der Waals surface area contributed by atoms with Crippen molar-refractivity contribution in [2.45, 2.75) is 13.0 Å². The summed E-state index contributed by atoms with van der Waals surface area (Å²) in [6, 6.07) is 4.82. The second-order valence-electron chi connectivity index (χ2n) is 3.57. The third-order valence-corrected chi connectivity index (χ3v) is 1.95. The highest BCUT2D eigenvalue weighted by molar-refractivity contribution is 5.95. The maximum Gasteiger partial charge on any atom is 0.243 e. The molecule has 0 radical (unpaired) electrons. The Morgan fingerprint density at radius 3 is 2.67 bits per heavy atom. The van der Waals surface area contributed by atoms with Gasteiger partial charge in [-0.25, -0.2) is 4.39 Å². The number of carbonyl (C=O) groups excluding carboxylic acids is 2. The highest BCUT2D eigenvalue weighted by atomic mass is 35.5. The minimum absolute atomic E-state index is 0. The van der Waals surface area contributed by atoms with Crippen LogP contribution in [0.25, 0.3) is 0 Å². The van der Waals surface area contributed by atoms with Crippen LogP contribution in [0.2, 0.25) is 0 Å². The van der Waals surface area contributed by atoms with E-state index >= 15 is 0 Å². The average molecular weight is 276 g/mol. The Kier molecular flexibility index (Phi) is 6.92. The molecule has 0 aliphatic heterocycles. The van der Waals surface area contributed by atoms with Crippen LogP contribution in [0.1, 0.15) is 6.92 Å². The van der Waals surface area contributed by atoms with Gasteiger partial charge in [0.05, 0.1) is 12.6 Å². The smallest absolute Gasteiger partial charge is 0.243 e. The van der Waals surface area contributed by atoms with Gasteiger partial charge >= 0.3 is 0 Å². The lowest BCUT2D eigenvalue weighted by Crippen LogP contribution is -2.41. The SMILES string of the molecule is C[C@H](N)C(=O)NCC(=O)Nc1cccc(F)c1.Cl. The summed E-state index contributed by atoms with van der Waals surface area (Å²) in [7, 11) is 0. The quantitative estimate of drug-likeness (QED) is 0.754. The van der Waals surface area contributed by atoms with Gasteiger partial charge in [0.2, 0.25) is 11.8 Å². The number of halogens is 2. The van der Waals surface area contributed by atoms with Gasteiger partial charge in [0.1, 0.15) is 5.82 Å². The van der Waals surface area contributed by atoms with Crippen molar-refractivity contribution in [1.29, 1.82) is 0 Å². The molecule has 4 N–H and O–H groups in total. The largest absolute Gasteiger partial charge is 0.346 e. The van der Waals surface area contributed by atoms with E-state index in [0.717, 1.165) is 0 Å². The van der Waals surface area contributed by atoms with E-state index in [2.05, 4.69) is 10.6 Å². The maximum atomic E-state index is 12.8. The van der Waals surface area contributed by atoms with E-state index in [4.69, 9.17) is 5.73 Å². The van der Waals surface area contributed by atoms with E-state index < -0.39 is 23.7 Å². The fraction of sp³-hybridized carbons (Fsp3) is 0.273. The molecule has 18 heavy (non-hydrogen) atoms. The van der Waals surface area contributed by atoms with Crippen LogP contribution in [-0.2, 0) is 9.59 Å². The summed E-state index contributed by atoms with van der Waals surface area (Å²) in [5.41, 5.74) is 5.64. The second kappa shape index (κ2) is 7.62. The van der Waals surface area contributed by atoms with Crippen LogP contribution >= 0.6 is 12.4 Å². The molecule has 0 bridgehead atoms. The number of rotatable bonds is 4. The van der Waals surface area contributed by atoms with Crippen molar-refractivity contribution in [2.75, 3.05) is 11.9 Å². The fourth-order valence-corrected chi connectivity index (χ4v) is 1.10. The molecule has 0 heterocycles. The summed E-state index contributed by atoms with van der Waals surface area (Å²) in [4.78, 5) is 22.4. The number of nitrogens with one attached hydrogen (secondary N) is 2. The molecular formula is C11H15ClFN3O2.